The van der Waals surface area contributed by atoms with E-state index in [1.807, 2.05) is 6.07 Å². The zero-order chi connectivity index (χ0) is 11.5. The van der Waals surface area contributed by atoms with Gasteiger partial charge in [-0.05, 0) is 31.5 Å². The Morgan fingerprint density at radius 2 is 2.44 bits per heavy atom. The van der Waals surface area contributed by atoms with Gasteiger partial charge in [-0.25, -0.2) is 4.98 Å². The molecule has 1 unspecified atom stereocenters. The highest BCUT2D eigenvalue weighted by atomic mass is 16.5. The van der Waals surface area contributed by atoms with Crippen LogP contribution in [0.3, 0.4) is 0 Å². The van der Waals surface area contributed by atoms with Gasteiger partial charge in [-0.1, -0.05) is 0 Å². The van der Waals surface area contributed by atoms with Crippen molar-refractivity contribution in [3.63, 3.8) is 0 Å². The van der Waals surface area contributed by atoms with E-state index in [2.05, 4.69) is 4.98 Å². The Balaban J connectivity index is 2.21. The molecule has 5 nitrogen and oxygen atoms in total. The topological polar surface area (TPSA) is 68.5 Å². The number of aromatic nitrogens is 1. The van der Waals surface area contributed by atoms with Crippen molar-refractivity contribution < 1.29 is 9.53 Å². The molecule has 5 heteroatoms. The van der Waals surface area contributed by atoms with Crippen molar-refractivity contribution in [1.29, 1.82) is 0 Å². The molecule has 0 radical (unpaired) electrons. The van der Waals surface area contributed by atoms with Gasteiger partial charge in [0.1, 0.15) is 0 Å². The van der Waals surface area contributed by atoms with Crippen molar-refractivity contribution in [1.82, 2.24) is 4.98 Å². The highest BCUT2D eigenvalue weighted by Gasteiger charge is 2.32. The molecule has 16 heavy (non-hydrogen) atoms. The monoisotopic (exact) mass is 221 g/mol. The molecule has 1 aliphatic heterocycles. The minimum absolute atomic E-state index is 0.0559. The second-order valence-corrected chi connectivity index (χ2v) is 3.76. The number of likely N-dealkylation sites (N-methyl/N-ethyl adjacent to an activating group) is 1. The molecule has 0 spiro atoms. The molecule has 0 aliphatic carbocycles. The van der Waals surface area contributed by atoms with Crippen LogP contribution in [0.4, 0.5) is 5.82 Å². The molecule has 0 aromatic carbocycles. The summed E-state index contributed by atoms with van der Waals surface area (Å²) in [5, 5.41) is 0. The average molecular weight is 221 g/mol. The second kappa shape index (κ2) is 4.49. The summed E-state index contributed by atoms with van der Waals surface area (Å²) in [6.07, 6.45) is 2.64. The Labute approximate surface area is 94.2 Å². The first-order chi connectivity index (χ1) is 7.74. The standard InChI is InChI=1S/C11H15N3O2/c1-14-10-8(5-3-7-13-10)16-9(11(14)15)4-2-6-12/h3,5,7,9H,2,4,6,12H2,1H3. The second-order valence-electron chi connectivity index (χ2n) is 3.76. The molecule has 2 heterocycles. The van der Waals surface area contributed by atoms with Gasteiger partial charge in [0.25, 0.3) is 5.91 Å². The molecular weight excluding hydrogens is 206 g/mol. The van der Waals surface area contributed by atoms with Crippen LogP contribution in [-0.4, -0.2) is 30.6 Å². The lowest BCUT2D eigenvalue weighted by atomic mass is 10.1. The van der Waals surface area contributed by atoms with E-state index in [1.54, 1.807) is 24.2 Å². The summed E-state index contributed by atoms with van der Waals surface area (Å²) in [6, 6.07) is 3.61. The van der Waals surface area contributed by atoms with Gasteiger partial charge in [0.2, 0.25) is 0 Å². The van der Waals surface area contributed by atoms with E-state index >= 15 is 0 Å². The summed E-state index contributed by atoms with van der Waals surface area (Å²) in [5.74, 6) is 1.18. The fourth-order valence-electron chi connectivity index (χ4n) is 1.74. The Morgan fingerprint density at radius 3 is 3.19 bits per heavy atom. The number of amides is 1. The van der Waals surface area contributed by atoms with Crippen LogP contribution in [0, 0.1) is 0 Å². The Kier molecular flexibility index (Phi) is 3.05. The number of anilines is 1. The summed E-state index contributed by atoms with van der Waals surface area (Å²) >= 11 is 0. The fourth-order valence-corrected chi connectivity index (χ4v) is 1.74. The molecule has 1 amide bonds. The van der Waals surface area contributed by atoms with E-state index in [0.717, 1.165) is 6.42 Å². The van der Waals surface area contributed by atoms with Gasteiger partial charge in [-0.15, -0.1) is 0 Å². The smallest absolute Gasteiger partial charge is 0.269 e. The lowest BCUT2D eigenvalue weighted by Gasteiger charge is -2.30. The molecule has 0 fully saturated rings. The summed E-state index contributed by atoms with van der Waals surface area (Å²) in [6.45, 7) is 0.566. The quantitative estimate of drug-likeness (QED) is 0.809. The summed E-state index contributed by atoms with van der Waals surface area (Å²) in [4.78, 5) is 17.6. The molecule has 0 saturated carbocycles. The van der Waals surface area contributed by atoms with Gasteiger partial charge in [0.05, 0.1) is 0 Å². The van der Waals surface area contributed by atoms with Crippen LogP contribution < -0.4 is 15.4 Å². The van der Waals surface area contributed by atoms with Crippen LogP contribution in [0.1, 0.15) is 12.8 Å². The van der Waals surface area contributed by atoms with Gasteiger partial charge in [-0.2, -0.15) is 0 Å². The van der Waals surface area contributed by atoms with Gasteiger partial charge >= 0.3 is 0 Å². The SMILES string of the molecule is CN1C(=O)C(CCCN)Oc2cccnc21. The van der Waals surface area contributed by atoms with E-state index in [1.165, 1.54) is 0 Å². The third kappa shape index (κ3) is 1.86. The van der Waals surface area contributed by atoms with Crippen LogP contribution in [0.5, 0.6) is 5.75 Å². The molecule has 2 N–H and O–H groups in total. The molecular formula is C11H15N3O2. The predicted molar refractivity (Wildman–Crippen MR) is 60.4 cm³/mol. The Morgan fingerprint density at radius 1 is 1.62 bits per heavy atom. The van der Waals surface area contributed by atoms with Crippen LogP contribution in [0.2, 0.25) is 0 Å². The summed E-state index contributed by atoms with van der Waals surface area (Å²) in [5.41, 5.74) is 5.43. The number of carbonyl (C=O) groups is 1. The van der Waals surface area contributed by atoms with E-state index < -0.39 is 6.10 Å². The number of fused-ring (bicyclic) bond motifs is 1. The number of nitrogens with two attached hydrogens (primary N) is 1. The van der Waals surface area contributed by atoms with Gasteiger partial charge < -0.3 is 10.5 Å². The van der Waals surface area contributed by atoms with E-state index in [-0.39, 0.29) is 5.91 Å². The minimum atomic E-state index is -0.426. The zero-order valence-corrected chi connectivity index (χ0v) is 9.22. The minimum Gasteiger partial charge on any atom is -0.477 e. The number of hydrogen-bond acceptors (Lipinski definition) is 4. The predicted octanol–water partition coefficient (Wildman–Crippen LogP) is 0.544. The first-order valence-corrected chi connectivity index (χ1v) is 5.33. The number of rotatable bonds is 3. The molecule has 1 aliphatic rings. The van der Waals surface area contributed by atoms with Crippen LogP contribution in [-0.2, 0) is 4.79 Å². The maximum absolute atomic E-state index is 11.9. The summed E-state index contributed by atoms with van der Waals surface area (Å²) in [7, 11) is 1.71. The fraction of sp³-hybridized carbons (Fsp3) is 0.455. The normalized spacial score (nSPS) is 19.2. The van der Waals surface area contributed by atoms with E-state index in [4.69, 9.17) is 10.5 Å². The molecule has 1 aromatic heterocycles. The third-order valence-corrected chi connectivity index (χ3v) is 2.61. The maximum Gasteiger partial charge on any atom is 0.269 e. The van der Waals surface area contributed by atoms with E-state index in [0.29, 0.717) is 24.5 Å². The maximum atomic E-state index is 11.9. The van der Waals surface area contributed by atoms with Crippen molar-refractivity contribution in [2.75, 3.05) is 18.5 Å². The molecule has 1 atom stereocenters. The lowest BCUT2D eigenvalue weighted by Crippen LogP contribution is -2.44. The van der Waals surface area contributed by atoms with Crippen molar-refractivity contribution in [3.8, 4) is 5.75 Å². The van der Waals surface area contributed by atoms with Gasteiger partial charge in [-0.3, -0.25) is 9.69 Å². The van der Waals surface area contributed by atoms with Crippen LogP contribution in [0.25, 0.3) is 0 Å². The number of carbonyl (C=O) groups excluding carboxylic acids is 1. The number of pyridine rings is 1. The van der Waals surface area contributed by atoms with Gasteiger partial charge in [0, 0.05) is 13.2 Å². The van der Waals surface area contributed by atoms with Crippen LogP contribution >= 0.6 is 0 Å². The highest BCUT2D eigenvalue weighted by Crippen LogP contribution is 2.31. The molecule has 0 saturated heterocycles. The molecule has 0 bridgehead atoms. The molecule has 2 rings (SSSR count). The zero-order valence-electron chi connectivity index (χ0n) is 9.22. The molecule has 86 valence electrons. The first kappa shape index (κ1) is 10.9. The average Bonchev–Trinajstić information content (AvgIpc) is 2.32. The largest absolute Gasteiger partial charge is 0.477 e. The van der Waals surface area contributed by atoms with Crippen molar-refractivity contribution >= 4 is 11.7 Å². The highest BCUT2D eigenvalue weighted by molar-refractivity contribution is 5.98. The Bertz CT molecular complexity index is 395. The summed E-state index contributed by atoms with van der Waals surface area (Å²) < 4.78 is 5.61. The van der Waals surface area contributed by atoms with Crippen molar-refractivity contribution in [2.45, 2.75) is 18.9 Å². The number of nitrogens with zero attached hydrogens (tertiary/aromatic N) is 2. The molecule has 1 aromatic rings. The third-order valence-electron chi connectivity index (χ3n) is 2.61. The lowest BCUT2D eigenvalue weighted by molar-refractivity contribution is -0.126. The van der Waals surface area contributed by atoms with E-state index in [9.17, 15) is 4.79 Å². The number of ether oxygens (including phenoxy) is 1. The number of hydrogen-bond donors (Lipinski definition) is 1. The van der Waals surface area contributed by atoms with Crippen molar-refractivity contribution in [3.05, 3.63) is 18.3 Å². The van der Waals surface area contributed by atoms with Crippen LogP contribution in [0.15, 0.2) is 18.3 Å². The van der Waals surface area contributed by atoms with Crippen molar-refractivity contribution in [2.24, 2.45) is 5.73 Å². The first-order valence-electron chi connectivity index (χ1n) is 5.33. The Hall–Kier alpha value is -1.62. The van der Waals surface area contributed by atoms with Gasteiger partial charge in [0.15, 0.2) is 17.7 Å².